The zero-order valence-electron chi connectivity index (χ0n) is 17.9. The molecule has 0 bridgehead atoms. The molecule has 0 saturated carbocycles. The number of unbranched alkanes of at least 4 members (excludes halogenated alkanes) is 4. The number of aliphatic hydroxyl groups excluding tert-OH is 1. The van der Waals surface area contributed by atoms with Crippen molar-refractivity contribution >= 4 is 10.9 Å². The molecule has 0 aliphatic heterocycles. The third-order valence-corrected chi connectivity index (χ3v) is 6.09. The maximum Gasteiger partial charge on any atom is 0.0917 e. The smallest absolute Gasteiger partial charge is 0.0917 e. The van der Waals surface area contributed by atoms with Gasteiger partial charge in [-0.05, 0) is 74.9 Å². The predicted octanol–water partition coefficient (Wildman–Crippen LogP) is 5.83. The summed E-state index contributed by atoms with van der Waals surface area (Å²) in [6.45, 7) is 7.40. The molecule has 1 aliphatic carbocycles. The molecule has 154 valence electrons. The minimum Gasteiger partial charge on any atom is -0.387 e. The van der Waals surface area contributed by atoms with E-state index in [0.29, 0.717) is 0 Å². The summed E-state index contributed by atoms with van der Waals surface area (Å²) in [5, 5.41) is 12.1. The van der Waals surface area contributed by atoms with E-state index in [2.05, 4.69) is 43.0 Å². The molecular weight excluding hydrogens is 344 g/mol. The van der Waals surface area contributed by atoms with E-state index < -0.39 is 6.10 Å². The van der Waals surface area contributed by atoms with Crippen molar-refractivity contribution in [2.45, 2.75) is 84.2 Å². The van der Waals surface area contributed by atoms with Gasteiger partial charge in [0.15, 0.2) is 0 Å². The number of hydrogen-bond acceptors (Lipinski definition) is 3. The molecule has 1 heterocycles. The molecule has 3 heteroatoms. The van der Waals surface area contributed by atoms with Gasteiger partial charge in [-0.2, -0.15) is 0 Å². The van der Waals surface area contributed by atoms with E-state index >= 15 is 0 Å². The van der Waals surface area contributed by atoms with Crippen LogP contribution in [0.1, 0.15) is 88.1 Å². The average Bonchev–Trinajstić information content (AvgIpc) is 2.72. The van der Waals surface area contributed by atoms with Gasteiger partial charge in [0.05, 0.1) is 11.6 Å². The zero-order valence-corrected chi connectivity index (χ0v) is 17.9. The lowest BCUT2D eigenvalue weighted by atomic mass is 9.94. The Balaban J connectivity index is 1.69. The van der Waals surface area contributed by atoms with Gasteiger partial charge in [0, 0.05) is 17.6 Å². The van der Waals surface area contributed by atoms with Crippen molar-refractivity contribution < 1.29 is 5.11 Å². The molecule has 3 nitrogen and oxygen atoms in total. The standard InChI is InChI=1S/C25H38N2O/c1-3-5-9-15-27(16-10-6-4-2)19-25(28)22-14-13-21-17-20-11-7-8-12-23(20)26-24(21)18-22/h13-14,17-18,25,28H,3-12,15-16,19H2,1-2H3/t25-/m0/s1. The molecule has 28 heavy (non-hydrogen) atoms. The normalized spacial score (nSPS) is 15.1. The van der Waals surface area contributed by atoms with Crippen molar-refractivity contribution in [3.63, 3.8) is 0 Å². The fraction of sp³-hybridized carbons (Fsp3) is 0.640. The van der Waals surface area contributed by atoms with Gasteiger partial charge in [0.25, 0.3) is 0 Å². The second-order valence-corrected chi connectivity index (χ2v) is 8.48. The molecule has 1 aromatic heterocycles. The van der Waals surface area contributed by atoms with Crippen LogP contribution in [0.2, 0.25) is 0 Å². The van der Waals surface area contributed by atoms with E-state index in [9.17, 15) is 5.11 Å². The summed E-state index contributed by atoms with van der Waals surface area (Å²) in [5.74, 6) is 0. The monoisotopic (exact) mass is 382 g/mol. The fourth-order valence-electron chi connectivity index (χ4n) is 4.33. The first-order chi connectivity index (χ1) is 13.7. The highest BCUT2D eigenvalue weighted by Crippen LogP contribution is 2.26. The van der Waals surface area contributed by atoms with Crippen molar-refractivity contribution in [2.75, 3.05) is 19.6 Å². The predicted molar refractivity (Wildman–Crippen MR) is 119 cm³/mol. The molecule has 1 N–H and O–H groups in total. The summed E-state index contributed by atoms with van der Waals surface area (Å²) in [5.41, 5.74) is 4.74. The van der Waals surface area contributed by atoms with Crippen LogP contribution >= 0.6 is 0 Å². The van der Waals surface area contributed by atoms with Crippen molar-refractivity contribution in [3.8, 4) is 0 Å². The summed E-state index contributed by atoms with van der Waals surface area (Å²) < 4.78 is 0. The van der Waals surface area contributed by atoms with E-state index in [-0.39, 0.29) is 0 Å². The topological polar surface area (TPSA) is 36.4 Å². The van der Waals surface area contributed by atoms with Crippen LogP contribution in [0, 0.1) is 0 Å². The average molecular weight is 383 g/mol. The SMILES string of the molecule is CCCCCN(CCCCC)C[C@H](O)c1ccc2cc3c(nc2c1)CCCC3. The Morgan fingerprint density at radius 2 is 1.68 bits per heavy atom. The van der Waals surface area contributed by atoms with E-state index in [1.54, 1.807) is 0 Å². The van der Waals surface area contributed by atoms with Gasteiger partial charge in [0.2, 0.25) is 0 Å². The molecule has 0 amide bonds. The Bertz CT molecular complexity index is 733. The molecule has 2 aromatic rings. The van der Waals surface area contributed by atoms with Crippen LogP contribution in [0.15, 0.2) is 24.3 Å². The first-order valence-electron chi connectivity index (χ1n) is 11.5. The third-order valence-electron chi connectivity index (χ3n) is 6.09. The van der Waals surface area contributed by atoms with Crippen LogP contribution in [0.5, 0.6) is 0 Å². The number of fused-ring (bicyclic) bond motifs is 2. The molecule has 0 radical (unpaired) electrons. The van der Waals surface area contributed by atoms with Gasteiger partial charge in [-0.25, -0.2) is 0 Å². The van der Waals surface area contributed by atoms with Crippen LogP contribution in [0.4, 0.5) is 0 Å². The quantitative estimate of drug-likeness (QED) is 0.497. The molecule has 0 unspecified atom stereocenters. The van der Waals surface area contributed by atoms with Crippen molar-refractivity contribution in [1.82, 2.24) is 9.88 Å². The number of aliphatic hydroxyl groups is 1. The Hall–Kier alpha value is -1.45. The summed E-state index contributed by atoms with van der Waals surface area (Å²) in [7, 11) is 0. The van der Waals surface area contributed by atoms with Gasteiger partial charge in [0.1, 0.15) is 0 Å². The number of aryl methyl sites for hydroxylation is 2. The number of pyridine rings is 1. The molecule has 3 rings (SSSR count). The molecule has 1 aliphatic rings. The molecule has 1 aromatic carbocycles. The minimum atomic E-state index is -0.439. The number of rotatable bonds is 11. The fourth-order valence-corrected chi connectivity index (χ4v) is 4.33. The minimum absolute atomic E-state index is 0.439. The molecule has 0 spiro atoms. The van der Waals surface area contributed by atoms with E-state index in [1.807, 2.05) is 0 Å². The largest absolute Gasteiger partial charge is 0.387 e. The van der Waals surface area contributed by atoms with Crippen LogP contribution < -0.4 is 0 Å². The van der Waals surface area contributed by atoms with Crippen molar-refractivity contribution in [2.24, 2.45) is 0 Å². The Morgan fingerprint density at radius 1 is 0.964 bits per heavy atom. The zero-order chi connectivity index (χ0) is 19.8. The summed E-state index contributed by atoms with van der Waals surface area (Å²) in [6, 6.07) is 8.67. The van der Waals surface area contributed by atoms with Gasteiger partial charge >= 0.3 is 0 Å². The van der Waals surface area contributed by atoms with Gasteiger partial charge < -0.3 is 10.0 Å². The second-order valence-electron chi connectivity index (χ2n) is 8.48. The molecular formula is C25H38N2O. The second kappa shape index (κ2) is 10.9. The third kappa shape index (κ3) is 5.78. The maximum absolute atomic E-state index is 10.9. The van der Waals surface area contributed by atoms with Crippen LogP contribution in [0.3, 0.4) is 0 Å². The lowest BCUT2D eigenvalue weighted by molar-refractivity contribution is 0.110. The van der Waals surface area contributed by atoms with Crippen LogP contribution in [0.25, 0.3) is 10.9 Å². The summed E-state index contributed by atoms with van der Waals surface area (Å²) >= 11 is 0. The summed E-state index contributed by atoms with van der Waals surface area (Å²) in [6.07, 6.45) is 11.8. The summed E-state index contributed by atoms with van der Waals surface area (Å²) in [4.78, 5) is 7.39. The van der Waals surface area contributed by atoms with Crippen LogP contribution in [-0.4, -0.2) is 34.6 Å². The highest BCUT2D eigenvalue weighted by Gasteiger charge is 2.16. The number of benzene rings is 1. The molecule has 0 fully saturated rings. The van der Waals surface area contributed by atoms with E-state index in [1.165, 1.54) is 68.0 Å². The number of hydrogen-bond donors (Lipinski definition) is 1. The lowest BCUT2D eigenvalue weighted by Gasteiger charge is -2.25. The molecule has 0 saturated heterocycles. The highest BCUT2D eigenvalue weighted by molar-refractivity contribution is 5.80. The first-order valence-corrected chi connectivity index (χ1v) is 11.5. The lowest BCUT2D eigenvalue weighted by Crippen LogP contribution is -2.31. The van der Waals surface area contributed by atoms with Gasteiger partial charge in [-0.3, -0.25) is 4.98 Å². The van der Waals surface area contributed by atoms with Crippen molar-refractivity contribution in [3.05, 3.63) is 41.1 Å². The van der Waals surface area contributed by atoms with Crippen LogP contribution in [-0.2, 0) is 12.8 Å². The number of nitrogens with zero attached hydrogens (tertiary/aromatic N) is 2. The Labute approximate surface area is 171 Å². The van der Waals surface area contributed by atoms with Crippen molar-refractivity contribution in [1.29, 1.82) is 0 Å². The van der Waals surface area contributed by atoms with Gasteiger partial charge in [-0.15, -0.1) is 0 Å². The first kappa shape index (κ1) is 21.3. The highest BCUT2D eigenvalue weighted by atomic mass is 16.3. The van der Waals surface area contributed by atoms with Gasteiger partial charge in [-0.1, -0.05) is 51.7 Å². The van der Waals surface area contributed by atoms with E-state index in [0.717, 1.165) is 43.6 Å². The number of aromatic nitrogens is 1. The van der Waals surface area contributed by atoms with E-state index in [4.69, 9.17) is 4.98 Å². The molecule has 1 atom stereocenters. The maximum atomic E-state index is 10.9. The Morgan fingerprint density at radius 3 is 2.39 bits per heavy atom. The Kier molecular flexibility index (Phi) is 8.29.